The Hall–Kier alpha value is -2.58. The molecule has 0 aromatic heterocycles. The molecule has 3 amide bonds. The fourth-order valence-corrected chi connectivity index (χ4v) is 1.71. The number of hydrogen-bond donors (Lipinski definition) is 3. The van der Waals surface area contributed by atoms with Crippen LogP contribution in [0.3, 0.4) is 0 Å². The monoisotopic (exact) mass is 345 g/mol. The van der Waals surface area contributed by atoms with Crippen LogP contribution in [-0.4, -0.2) is 37.0 Å². The molecule has 0 bridgehead atoms. The van der Waals surface area contributed by atoms with Gasteiger partial charge < -0.3 is 16.0 Å². The summed E-state index contributed by atoms with van der Waals surface area (Å²) in [6, 6.07) is 6.05. The summed E-state index contributed by atoms with van der Waals surface area (Å²) in [6.07, 6.45) is -3.83. The molecule has 0 atom stereocenters. The van der Waals surface area contributed by atoms with Crippen molar-refractivity contribution < 1.29 is 27.6 Å². The van der Waals surface area contributed by atoms with Gasteiger partial charge in [-0.15, -0.1) is 0 Å². The SMILES string of the molecule is CCCC(=O)Nc1ccc(C(=O)NCCNC(=O)C(F)(F)F)cc1. The van der Waals surface area contributed by atoms with E-state index in [4.69, 9.17) is 0 Å². The second-order valence-corrected chi connectivity index (χ2v) is 4.89. The van der Waals surface area contributed by atoms with E-state index in [1.165, 1.54) is 12.1 Å². The minimum Gasteiger partial charge on any atom is -0.350 e. The lowest BCUT2D eigenvalue weighted by Crippen LogP contribution is -2.41. The van der Waals surface area contributed by atoms with E-state index in [0.29, 0.717) is 12.1 Å². The van der Waals surface area contributed by atoms with Crippen LogP contribution in [0.1, 0.15) is 30.1 Å². The molecule has 132 valence electrons. The lowest BCUT2D eigenvalue weighted by Gasteiger charge is -2.09. The van der Waals surface area contributed by atoms with E-state index < -0.39 is 18.0 Å². The number of amides is 3. The molecule has 0 saturated carbocycles. The Morgan fingerprint density at radius 3 is 2.12 bits per heavy atom. The second kappa shape index (κ2) is 8.90. The van der Waals surface area contributed by atoms with Crippen molar-refractivity contribution in [3.05, 3.63) is 29.8 Å². The molecule has 0 heterocycles. The van der Waals surface area contributed by atoms with Gasteiger partial charge in [-0.05, 0) is 30.7 Å². The number of carbonyl (C=O) groups excluding carboxylic acids is 3. The molecule has 3 N–H and O–H groups in total. The van der Waals surface area contributed by atoms with Gasteiger partial charge in [0, 0.05) is 30.8 Å². The zero-order valence-corrected chi connectivity index (χ0v) is 13.0. The summed E-state index contributed by atoms with van der Waals surface area (Å²) in [7, 11) is 0. The number of halogens is 3. The van der Waals surface area contributed by atoms with Crippen molar-refractivity contribution in [1.29, 1.82) is 0 Å². The van der Waals surface area contributed by atoms with Gasteiger partial charge in [-0.3, -0.25) is 14.4 Å². The Labute approximate surface area is 136 Å². The van der Waals surface area contributed by atoms with Crippen molar-refractivity contribution in [2.24, 2.45) is 0 Å². The normalized spacial score (nSPS) is 10.8. The lowest BCUT2D eigenvalue weighted by atomic mass is 10.2. The molecule has 1 rings (SSSR count). The third kappa shape index (κ3) is 6.67. The summed E-state index contributed by atoms with van der Waals surface area (Å²) >= 11 is 0. The Balaban J connectivity index is 2.40. The van der Waals surface area contributed by atoms with Crippen LogP contribution in [0.4, 0.5) is 18.9 Å². The second-order valence-electron chi connectivity index (χ2n) is 4.89. The number of carbonyl (C=O) groups is 3. The van der Waals surface area contributed by atoms with Gasteiger partial charge in [0.1, 0.15) is 0 Å². The first kappa shape index (κ1) is 19.5. The molecular weight excluding hydrogens is 327 g/mol. The van der Waals surface area contributed by atoms with Crippen LogP contribution in [0.5, 0.6) is 0 Å². The molecule has 0 aliphatic rings. The molecule has 1 aromatic rings. The van der Waals surface area contributed by atoms with E-state index in [-0.39, 0.29) is 24.6 Å². The summed E-state index contributed by atoms with van der Waals surface area (Å²) in [4.78, 5) is 33.8. The van der Waals surface area contributed by atoms with E-state index in [9.17, 15) is 27.6 Å². The molecule has 0 unspecified atom stereocenters. The maximum Gasteiger partial charge on any atom is 0.471 e. The average Bonchev–Trinajstić information content (AvgIpc) is 2.51. The van der Waals surface area contributed by atoms with Crippen LogP contribution in [0.25, 0.3) is 0 Å². The van der Waals surface area contributed by atoms with E-state index in [2.05, 4.69) is 10.6 Å². The summed E-state index contributed by atoms with van der Waals surface area (Å²) in [6.45, 7) is 1.40. The van der Waals surface area contributed by atoms with Gasteiger partial charge in [0.15, 0.2) is 0 Å². The predicted octanol–water partition coefficient (Wildman–Crippen LogP) is 1.83. The largest absolute Gasteiger partial charge is 0.471 e. The van der Waals surface area contributed by atoms with Gasteiger partial charge in [0.25, 0.3) is 5.91 Å². The van der Waals surface area contributed by atoms with Gasteiger partial charge in [-0.25, -0.2) is 0 Å². The number of benzene rings is 1. The third-order valence-electron chi connectivity index (χ3n) is 2.86. The van der Waals surface area contributed by atoms with E-state index >= 15 is 0 Å². The topological polar surface area (TPSA) is 87.3 Å². The number of nitrogens with one attached hydrogen (secondary N) is 3. The fourth-order valence-electron chi connectivity index (χ4n) is 1.71. The molecule has 0 aliphatic heterocycles. The number of hydrogen-bond acceptors (Lipinski definition) is 3. The zero-order chi connectivity index (χ0) is 18.2. The Bertz CT molecular complexity index is 586. The van der Waals surface area contributed by atoms with Gasteiger partial charge in [-0.2, -0.15) is 13.2 Å². The maximum atomic E-state index is 11.9. The van der Waals surface area contributed by atoms with Gasteiger partial charge in [0.2, 0.25) is 5.91 Å². The highest BCUT2D eigenvalue weighted by Crippen LogP contribution is 2.13. The quantitative estimate of drug-likeness (QED) is 0.659. The first-order valence-corrected chi connectivity index (χ1v) is 7.27. The zero-order valence-electron chi connectivity index (χ0n) is 13.0. The summed E-state index contributed by atoms with van der Waals surface area (Å²) in [5.74, 6) is -2.68. The van der Waals surface area contributed by atoms with Gasteiger partial charge in [-0.1, -0.05) is 6.92 Å². The van der Waals surface area contributed by atoms with Crippen LogP contribution in [0.15, 0.2) is 24.3 Å². The molecule has 0 saturated heterocycles. The van der Waals surface area contributed by atoms with Crippen LogP contribution in [0, 0.1) is 0 Å². The first-order chi connectivity index (χ1) is 11.2. The van der Waals surface area contributed by atoms with Crippen LogP contribution >= 0.6 is 0 Å². The van der Waals surface area contributed by atoms with Crippen LogP contribution < -0.4 is 16.0 Å². The Kier molecular flexibility index (Phi) is 7.22. The fraction of sp³-hybridized carbons (Fsp3) is 0.400. The molecule has 0 radical (unpaired) electrons. The van der Waals surface area contributed by atoms with Crippen molar-refractivity contribution in [2.45, 2.75) is 25.9 Å². The van der Waals surface area contributed by atoms with E-state index in [0.717, 1.165) is 6.42 Å². The van der Waals surface area contributed by atoms with Crippen LogP contribution in [0.2, 0.25) is 0 Å². The van der Waals surface area contributed by atoms with Gasteiger partial charge >= 0.3 is 12.1 Å². The van der Waals surface area contributed by atoms with Crippen molar-refractivity contribution in [1.82, 2.24) is 10.6 Å². The summed E-state index contributed by atoms with van der Waals surface area (Å²) < 4.78 is 35.8. The average molecular weight is 345 g/mol. The van der Waals surface area contributed by atoms with Crippen molar-refractivity contribution in [2.75, 3.05) is 18.4 Å². The first-order valence-electron chi connectivity index (χ1n) is 7.27. The van der Waals surface area contributed by atoms with Crippen molar-refractivity contribution in [3.8, 4) is 0 Å². The van der Waals surface area contributed by atoms with Crippen LogP contribution in [-0.2, 0) is 9.59 Å². The predicted molar refractivity (Wildman–Crippen MR) is 81.4 cm³/mol. The van der Waals surface area contributed by atoms with E-state index in [1.54, 1.807) is 17.4 Å². The Morgan fingerprint density at radius 1 is 1.00 bits per heavy atom. The molecule has 1 aromatic carbocycles. The summed E-state index contributed by atoms with van der Waals surface area (Å²) in [5.41, 5.74) is 0.827. The highest BCUT2D eigenvalue weighted by Gasteiger charge is 2.38. The number of anilines is 1. The van der Waals surface area contributed by atoms with Crippen molar-refractivity contribution in [3.63, 3.8) is 0 Å². The molecule has 24 heavy (non-hydrogen) atoms. The minimum atomic E-state index is -4.94. The molecule has 0 fully saturated rings. The van der Waals surface area contributed by atoms with Gasteiger partial charge in [0.05, 0.1) is 0 Å². The van der Waals surface area contributed by atoms with Crippen molar-refractivity contribution >= 4 is 23.4 Å². The number of rotatable bonds is 7. The van der Waals surface area contributed by atoms with E-state index in [1.807, 2.05) is 6.92 Å². The highest BCUT2D eigenvalue weighted by molar-refractivity contribution is 5.95. The number of alkyl halides is 3. The highest BCUT2D eigenvalue weighted by atomic mass is 19.4. The molecule has 6 nitrogen and oxygen atoms in total. The summed E-state index contributed by atoms with van der Waals surface area (Å²) in [5, 5.41) is 6.69. The molecule has 9 heteroatoms. The Morgan fingerprint density at radius 2 is 1.58 bits per heavy atom. The molecule has 0 aliphatic carbocycles. The standard InChI is InChI=1S/C15H18F3N3O3/c1-2-3-12(22)21-11-6-4-10(5-7-11)13(23)19-8-9-20-14(24)15(16,17)18/h4-7H,2-3,8-9H2,1H3,(H,19,23)(H,20,24)(H,21,22). The smallest absolute Gasteiger partial charge is 0.350 e. The molecular formula is C15H18F3N3O3. The lowest BCUT2D eigenvalue weighted by molar-refractivity contribution is -0.173. The third-order valence-corrected chi connectivity index (χ3v) is 2.86. The maximum absolute atomic E-state index is 11.9. The minimum absolute atomic E-state index is 0.130. The molecule has 0 spiro atoms.